The molecule has 2 rings (SSSR count). The van der Waals surface area contributed by atoms with E-state index in [0.29, 0.717) is 6.42 Å². The normalized spacial score (nSPS) is 12.7. The molecule has 16 heavy (non-hydrogen) atoms. The third-order valence-electron chi connectivity index (χ3n) is 2.16. The minimum Gasteiger partial charge on any atom is -0.393 e. The van der Waals surface area contributed by atoms with Gasteiger partial charge in [-0.15, -0.1) is 11.3 Å². The summed E-state index contributed by atoms with van der Waals surface area (Å²) < 4.78 is 1.05. The monoisotopic (exact) mass is 297 g/mol. The van der Waals surface area contributed by atoms with Crippen LogP contribution < -0.4 is 0 Å². The maximum Gasteiger partial charge on any atom is 0.124 e. The molecule has 1 atom stereocenters. The van der Waals surface area contributed by atoms with Gasteiger partial charge in [-0.1, -0.05) is 34.1 Å². The van der Waals surface area contributed by atoms with Crippen LogP contribution in [0.4, 0.5) is 0 Å². The highest BCUT2D eigenvalue weighted by molar-refractivity contribution is 9.10. The third kappa shape index (κ3) is 2.70. The minimum absolute atomic E-state index is 0.339. The molecule has 1 heterocycles. The van der Waals surface area contributed by atoms with E-state index in [0.717, 1.165) is 20.7 Å². The highest BCUT2D eigenvalue weighted by Crippen LogP contribution is 2.30. The Kier molecular flexibility index (Phi) is 3.74. The van der Waals surface area contributed by atoms with Crippen LogP contribution in [0.1, 0.15) is 12.6 Å². The molecule has 0 aliphatic heterocycles. The van der Waals surface area contributed by atoms with Crippen LogP contribution in [0.2, 0.25) is 0 Å². The van der Waals surface area contributed by atoms with Crippen LogP contribution in [0.5, 0.6) is 0 Å². The molecule has 84 valence electrons. The van der Waals surface area contributed by atoms with Gasteiger partial charge >= 0.3 is 0 Å². The Labute approximate surface area is 107 Å². The lowest BCUT2D eigenvalue weighted by Gasteiger charge is -2.00. The first kappa shape index (κ1) is 11.8. The lowest BCUT2D eigenvalue weighted by Crippen LogP contribution is -2.04. The van der Waals surface area contributed by atoms with Crippen molar-refractivity contribution in [2.45, 2.75) is 19.4 Å². The van der Waals surface area contributed by atoms with Gasteiger partial charge in [0.05, 0.1) is 11.8 Å². The molecule has 4 heteroatoms. The maximum absolute atomic E-state index is 9.30. The molecule has 0 fully saturated rings. The van der Waals surface area contributed by atoms with Crippen molar-refractivity contribution in [3.8, 4) is 10.6 Å². The summed E-state index contributed by atoms with van der Waals surface area (Å²) in [6.45, 7) is 1.78. The Balaban J connectivity index is 2.28. The van der Waals surface area contributed by atoms with Crippen LogP contribution >= 0.6 is 27.3 Å². The summed E-state index contributed by atoms with van der Waals surface area (Å²) in [7, 11) is 0. The number of thiazole rings is 1. The predicted molar refractivity (Wildman–Crippen MR) is 70.6 cm³/mol. The molecule has 0 bridgehead atoms. The minimum atomic E-state index is -0.339. The smallest absolute Gasteiger partial charge is 0.124 e. The van der Waals surface area contributed by atoms with Crippen LogP contribution in [-0.2, 0) is 6.42 Å². The summed E-state index contributed by atoms with van der Waals surface area (Å²) in [5.74, 6) is 0. The Morgan fingerprint density at radius 3 is 2.88 bits per heavy atom. The molecule has 0 aliphatic rings. The van der Waals surface area contributed by atoms with Crippen molar-refractivity contribution in [2.24, 2.45) is 0 Å². The van der Waals surface area contributed by atoms with E-state index in [1.165, 1.54) is 0 Å². The first-order valence-corrected chi connectivity index (χ1v) is 6.71. The molecule has 0 amide bonds. The second-order valence-electron chi connectivity index (χ2n) is 3.68. The van der Waals surface area contributed by atoms with E-state index in [2.05, 4.69) is 20.9 Å². The highest BCUT2D eigenvalue weighted by atomic mass is 79.9. The second-order valence-corrected chi connectivity index (χ2v) is 5.39. The number of hydrogen-bond donors (Lipinski definition) is 1. The highest BCUT2D eigenvalue weighted by Gasteiger charge is 2.08. The predicted octanol–water partition coefficient (Wildman–Crippen LogP) is 3.50. The number of aliphatic hydroxyl groups is 1. The van der Waals surface area contributed by atoms with Crippen LogP contribution in [0.25, 0.3) is 10.6 Å². The lowest BCUT2D eigenvalue weighted by atomic mass is 10.2. The fourth-order valence-electron chi connectivity index (χ4n) is 1.46. The van der Waals surface area contributed by atoms with Crippen LogP contribution in [0.3, 0.4) is 0 Å². The number of rotatable bonds is 3. The van der Waals surface area contributed by atoms with Crippen molar-refractivity contribution in [3.63, 3.8) is 0 Å². The third-order valence-corrected chi connectivity index (χ3v) is 3.78. The Hall–Kier alpha value is -0.710. The summed E-state index contributed by atoms with van der Waals surface area (Å²) in [5.41, 5.74) is 2.05. The fourth-order valence-corrected chi connectivity index (χ4v) is 2.94. The van der Waals surface area contributed by atoms with Gasteiger partial charge in [-0.2, -0.15) is 0 Å². The van der Waals surface area contributed by atoms with E-state index in [-0.39, 0.29) is 6.10 Å². The molecule has 0 aliphatic carbocycles. The van der Waals surface area contributed by atoms with Crippen molar-refractivity contribution >= 4 is 27.3 Å². The van der Waals surface area contributed by atoms with Gasteiger partial charge in [-0.05, 0) is 13.0 Å². The summed E-state index contributed by atoms with van der Waals surface area (Å²) in [4.78, 5) is 4.51. The first-order valence-electron chi connectivity index (χ1n) is 5.04. The average Bonchev–Trinajstić information content (AvgIpc) is 2.66. The maximum atomic E-state index is 9.30. The fraction of sp³-hybridized carbons (Fsp3) is 0.250. The van der Waals surface area contributed by atoms with Gasteiger partial charge in [0.15, 0.2) is 0 Å². The zero-order chi connectivity index (χ0) is 11.5. The van der Waals surface area contributed by atoms with Crippen molar-refractivity contribution in [2.75, 3.05) is 0 Å². The Bertz CT molecular complexity index is 481. The van der Waals surface area contributed by atoms with Gasteiger partial charge in [-0.25, -0.2) is 4.98 Å². The molecular weight excluding hydrogens is 286 g/mol. The van der Waals surface area contributed by atoms with E-state index in [4.69, 9.17) is 0 Å². The number of nitrogens with zero attached hydrogens (tertiary/aromatic N) is 1. The standard InChI is InChI=1S/C12H12BrNOS/c1-8(15)6-9-7-16-12(14-9)10-4-2-3-5-11(10)13/h2-5,7-8,15H,6H2,1H3. The molecule has 1 aromatic heterocycles. The number of hydrogen-bond acceptors (Lipinski definition) is 3. The van der Waals surface area contributed by atoms with Crippen molar-refractivity contribution < 1.29 is 5.11 Å². The van der Waals surface area contributed by atoms with Crippen LogP contribution in [-0.4, -0.2) is 16.2 Å². The number of halogens is 1. The molecule has 0 saturated heterocycles. The van der Waals surface area contributed by atoms with E-state index in [9.17, 15) is 5.11 Å². The largest absolute Gasteiger partial charge is 0.393 e. The molecular formula is C12H12BrNOS. The van der Waals surface area contributed by atoms with Crippen molar-refractivity contribution in [3.05, 3.63) is 39.8 Å². The molecule has 1 unspecified atom stereocenters. The molecule has 1 N–H and O–H groups in total. The topological polar surface area (TPSA) is 33.1 Å². The summed E-state index contributed by atoms with van der Waals surface area (Å²) in [5, 5.41) is 12.3. The summed E-state index contributed by atoms with van der Waals surface area (Å²) in [6.07, 6.45) is 0.273. The van der Waals surface area contributed by atoms with Gasteiger partial charge in [0, 0.05) is 21.8 Å². The SMILES string of the molecule is CC(O)Cc1csc(-c2ccccc2Br)n1. The zero-order valence-corrected chi connectivity index (χ0v) is 11.3. The van der Waals surface area contributed by atoms with Crippen molar-refractivity contribution in [1.29, 1.82) is 0 Å². The van der Waals surface area contributed by atoms with E-state index in [1.807, 2.05) is 29.6 Å². The number of benzene rings is 1. The van der Waals surface area contributed by atoms with E-state index < -0.39 is 0 Å². The number of aromatic nitrogens is 1. The van der Waals surface area contributed by atoms with Crippen LogP contribution in [0, 0.1) is 0 Å². The molecule has 2 aromatic rings. The lowest BCUT2D eigenvalue weighted by molar-refractivity contribution is 0.194. The van der Waals surface area contributed by atoms with Gasteiger partial charge in [0.2, 0.25) is 0 Å². The Morgan fingerprint density at radius 1 is 1.44 bits per heavy atom. The first-order chi connectivity index (χ1) is 7.66. The summed E-state index contributed by atoms with van der Waals surface area (Å²) >= 11 is 5.12. The van der Waals surface area contributed by atoms with Gasteiger partial charge in [-0.3, -0.25) is 0 Å². The van der Waals surface area contributed by atoms with Crippen molar-refractivity contribution in [1.82, 2.24) is 4.98 Å². The Morgan fingerprint density at radius 2 is 2.19 bits per heavy atom. The molecule has 0 radical (unpaired) electrons. The van der Waals surface area contributed by atoms with Gasteiger partial charge in [0.25, 0.3) is 0 Å². The summed E-state index contributed by atoms with van der Waals surface area (Å²) in [6, 6.07) is 8.02. The zero-order valence-electron chi connectivity index (χ0n) is 8.85. The quantitative estimate of drug-likeness (QED) is 0.941. The molecule has 0 saturated carbocycles. The molecule has 0 spiro atoms. The average molecular weight is 298 g/mol. The second kappa shape index (κ2) is 5.08. The van der Waals surface area contributed by atoms with Crippen LogP contribution in [0.15, 0.2) is 34.1 Å². The number of aliphatic hydroxyl groups excluding tert-OH is 1. The van der Waals surface area contributed by atoms with E-state index in [1.54, 1.807) is 18.3 Å². The van der Waals surface area contributed by atoms with Gasteiger partial charge in [0.1, 0.15) is 5.01 Å². The van der Waals surface area contributed by atoms with Gasteiger partial charge < -0.3 is 5.11 Å². The molecule has 1 aromatic carbocycles. The van der Waals surface area contributed by atoms with E-state index >= 15 is 0 Å². The molecule has 2 nitrogen and oxygen atoms in total.